The van der Waals surface area contributed by atoms with Crippen LogP contribution in [0.15, 0.2) is 48.7 Å². The molecule has 0 unspecified atom stereocenters. The van der Waals surface area contributed by atoms with Crippen LogP contribution in [-0.2, 0) is 6.42 Å². The van der Waals surface area contributed by atoms with Crippen LogP contribution < -0.4 is 5.32 Å². The molecule has 3 aromatic rings. The number of H-pyrrole nitrogens is 1. The van der Waals surface area contributed by atoms with Gasteiger partial charge in [-0.3, -0.25) is 4.79 Å². The molecule has 3 rings (SSSR count). The number of nitrogens with one attached hydrogen (secondary N) is 2. The van der Waals surface area contributed by atoms with Crippen LogP contribution in [0.4, 0.5) is 4.39 Å². The molecule has 0 aliphatic carbocycles. The molecule has 0 radical (unpaired) electrons. The number of aromatic nitrogens is 2. The minimum Gasteiger partial charge on any atom is -0.352 e. The number of amides is 1. The molecule has 2 aromatic carbocycles. The largest absolute Gasteiger partial charge is 0.352 e. The van der Waals surface area contributed by atoms with E-state index >= 15 is 0 Å². The van der Waals surface area contributed by atoms with E-state index in [2.05, 4.69) is 15.3 Å². The van der Waals surface area contributed by atoms with Crippen molar-refractivity contribution in [2.45, 2.75) is 6.42 Å². The molecule has 128 valence electrons. The van der Waals surface area contributed by atoms with Crippen molar-refractivity contribution >= 4 is 29.1 Å². The standard InChI is InChI=1S/C18H14Cl2FN3O/c19-12-3-6-15(16(20)9-12)17-23-10-14(24-17)7-8-22-18(25)11-1-4-13(21)5-2-11/h1-6,9-10H,7-8H2,(H,22,25)(H,23,24). The van der Waals surface area contributed by atoms with E-state index in [4.69, 9.17) is 23.2 Å². The average molecular weight is 378 g/mol. The van der Waals surface area contributed by atoms with Gasteiger partial charge in [0, 0.05) is 35.3 Å². The molecular weight excluding hydrogens is 364 g/mol. The molecule has 2 N–H and O–H groups in total. The van der Waals surface area contributed by atoms with Crippen molar-refractivity contribution in [3.05, 3.63) is 75.8 Å². The van der Waals surface area contributed by atoms with Crippen molar-refractivity contribution < 1.29 is 9.18 Å². The lowest BCUT2D eigenvalue weighted by Crippen LogP contribution is -2.25. The number of hydrogen-bond acceptors (Lipinski definition) is 2. The Labute approximate surface area is 154 Å². The molecule has 0 atom stereocenters. The molecule has 0 spiro atoms. The predicted octanol–water partition coefficient (Wildman–Crippen LogP) is 4.50. The Balaban J connectivity index is 1.58. The summed E-state index contributed by atoms with van der Waals surface area (Å²) >= 11 is 12.1. The van der Waals surface area contributed by atoms with E-state index in [0.717, 1.165) is 11.3 Å². The van der Waals surface area contributed by atoms with Gasteiger partial charge in [-0.2, -0.15) is 0 Å². The van der Waals surface area contributed by atoms with Crippen LogP contribution in [0, 0.1) is 5.82 Å². The van der Waals surface area contributed by atoms with Crippen LogP contribution in [0.5, 0.6) is 0 Å². The third-order valence-electron chi connectivity index (χ3n) is 3.59. The third kappa shape index (κ3) is 4.38. The fraction of sp³-hybridized carbons (Fsp3) is 0.111. The highest BCUT2D eigenvalue weighted by Gasteiger charge is 2.09. The number of carbonyl (C=O) groups is 1. The predicted molar refractivity (Wildman–Crippen MR) is 96.5 cm³/mol. The molecule has 1 aromatic heterocycles. The Hall–Kier alpha value is -2.37. The minimum atomic E-state index is -0.374. The number of nitrogens with zero attached hydrogens (tertiary/aromatic N) is 1. The lowest BCUT2D eigenvalue weighted by atomic mass is 10.2. The van der Waals surface area contributed by atoms with Gasteiger partial charge < -0.3 is 10.3 Å². The van der Waals surface area contributed by atoms with Crippen molar-refractivity contribution in [3.8, 4) is 11.4 Å². The minimum absolute atomic E-state index is 0.253. The van der Waals surface area contributed by atoms with Crippen molar-refractivity contribution in [3.63, 3.8) is 0 Å². The van der Waals surface area contributed by atoms with Crippen LogP contribution in [0.3, 0.4) is 0 Å². The topological polar surface area (TPSA) is 57.8 Å². The molecule has 0 saturated carbocycles. The fourth-order valence-corrected chi connectivity index (χ4v) is 2.81. The van der Waals surface area contributed by atoms with E-state index in [9.17, 15) is 9.18 Å². The SMILES string of the molecule is O=C(NCCc1c[nH]c(-c2ccc(Cl)cc2Cl)n1)c1ccc(F)cc1. The van der Waals surface area contributed by atoms with Gasteiger partial charge >= 0.3 is 0 Å². The van der Waals surface area contributed by atoms with Crippen molar-refractivity contribution in [1.82, 2.24) is 15.3 Å². The van der Waals surface area contributed by atoms with Gasteiger partial charge in [-0.1, -0.05) is 23.2 Å². The van der Waals surface area contributed by atoms with Crippen LogP contribution >= 0.6 is 23.2 Å². The highest BCUT2D eigenvalue weighted by Crippen LogP contribution is 2.28. The normalized spacial score (nSPS) is 10.7. The molecule has 25 heavy (non-hydrogen) atoms. The summed E-state index contributed by atoms with van der Waals surface area (Å²) < 4.78 is 12.9. The van der Waals surface area contributed by atoms with Gasteiger partial charge in [-0.05, 0) is 42.5 Å². The van der Waals surface area contributed by atoms with Crippen molar-refractivity contribution in [2.24, 2.45) is 0 Å². The molecule has 1 heterocycles. The van der Waals surface area contributed by atoms with Crippen molar-refractivity contribution in [2.75, 3.05) is 6.54 Å². The van der Waals surface area contributed by atoms with Gasteiger partial charge in [-0.25, -0.2) is 9.37 Å². The van der Waals surface area contributed by atoms with Gasteiger partial charge in [0.15, 0.2) is 0 Å². The van der Waals surface area contributed by atoms with Crippen LogP contribution in [0.2, 0.25) is 10.0 Å². The zero-order valence-electron chi connectivity index (χ0n) is 13.0. The number of benzene rings is 2. The Morgan fingerprint density at radius 3 is 2.64 bits per heavy atom. The number of carbonyl (C=O) groups excluding carboxylic acids is 1. The smallest absolute Gasteiger partial charge is 0.251 e. The number of hydrogen-bond donors (Lipinski definition) is 2. The second kappa shape index (κ2) is 7.68. The van der Waals surface area contributed by atoms with Crippen LogP contribution in [-0.4, -0.2) is 22.4 Å². The van der Waals surface area contributed by atoms with Gasteiger partial charge in [0.05, 0.1) is 10.7 Å². The zero-order valence-corrected chi connectivity index (χ0v) is 14.5. The summed E-state index contributed by atoms with van der Waals surface area (Å²) in [7, 11) is 0. The Bertz CT molecular complexity index is 894. The van der Waals surface area contributed by atoms with Gasteiger partial charge in [0.1, 0.15) is 11.6 Å². The lowest BCUT2D eigenvalue weighted by Gasteiger charge is -2.04. The van der Waals surface area contributed by atoms with Gasteiger partial charge in [0.25, 0.3) is 5.91 Å². The second-order valence-corrected chi connectivity index (χ2v) is 6.22. The zero-order chi connectivity index (χ0) is 17.8. The first-order chi connectivity index (χ1) is 12.0. The number of rotatable bonds is 5. The maximum Gasteiger partial charge on any atom is 0.251 e. The molecule has 4 nitrogen and oxygen atoms in total. The summed E-state index contributed by atoms with van der Waals surface area (Å²) in [5, 5.41) is 3.85. The summed E-state index contributed by atoms with van der Waals surface area (Å²) in [5.74, 6) is 0.0134. The molecule has 7 heteroatoms. The first kappa shape index (κ1) is 17.5. The molecule has 0 bridgehead atoms. The molecule has 0 aliphatic heterocycles. The molecule has 0 fully saturated rings. The van der Waals surface area contributed by atoms with Crippen LogP contribution in [0.25, 0.3) is 11.4 Å². The maximum atomic E-state index is 12.9. The van der Waals surface area contributed by atoms with E-state index in [-0.39, 0.29) is 11.7 Å². The van der Waals surface area contributed by atoms with E-state index in [0.29, 0.717) is 34.4 Å². The highest BCUT2D eigenvalue weighted by atomic mass is 35.5. The summed E-state index contributed by atoms with van der Waals surface area (Å²) in [6.45, 7) is 0.412. The van der Waals surface area contributed by atoms with Gasteiger partial charge in [-0.15, -0.1) is 0 Å². The van der Waals surface area contributed by atoms with E-state index in [1.807, 2.05) is 0 Å². The fourth-order valence-electron chi connectivity index (χ4n) is 2.31. The first-order valence-electron chi connectivity index (χ1n) is 7.56. The molecule has 0 saturated heterocycles. The summed E-state index contributed by atoms with van der Waals surface area (Å²) in [6, 6.07) is 10.6. The first-order valence-corrected chi connectivity index (χ1v) is 8.32. The Morgan fingerprint density at radius 2 is 1.92 bits per heavy atom. The van der Waals surface area contributed by atoms with Crippen molar-refractivity contribution in [1.29, 1.82) is 0 Å². The number of aromatic amines is 1. The highest BCUT2D eigenvalue weighted by molar-refractivity contribution is 6.36. The number of halogens is 3. The quantitative estimate of drug-likeness (QED) is 0.687. The van der Waals surface area contributed by atoms with Crippen LogP contribution in [0.1, 0.15) is 16.1 Å². The van der Waals surface area contributed by atoms with Gasteiger partial charge in [0.2, 0.25) is 0 Å². The van der Waals surface area contributed by atoms with E-state index in [1.54, 1.807) is 24.4 Å². The third-order valence-corrected chi connectivity index (χ3v) is 4.14. The summed E-state index contributed by atoms with van der Waals surface area (Å²) in [6.07, 6.45) is 2.32. The molecular formula is C18H14Cl2FN3O. The second-order valence-electron chi connectivity index (χ2n) is 5.38. The summed E-state index contributed by atoms with van der Waals surface area (Å²) in [5.41, 5.74) is 1.96. The van der Waals surface area contributed by atoms with E-state index in [1.165, 1.54) is 24.3 Å². The average Bonchev–Trinajstić information content (AvgIpc) is 3.04. The maximum absolute atomic E-state index is 12.9. The summed E-state index contributed by atoms with van der Waals surface area (Å²) in [4.78, 5) is 19.5. The van der Waals surface area contributed by atoms with E-state index < -0.39 is 0 Å². The Morgan fingerprint density at radius 1 is 1.16 bits per heavy atom. The monoisotopic (exact) mass is 377 g/mol. The Kier molecular flexibility index (Phi) is 5.36. The molecule has 1 amide bonds. The molecule has 0 aliphatic rings. The number of imidazole rings is 1. The lowest BCUT2D eigenvalue weighted by molar-refractivity contribution is 0.0954.